The first-order valence-corrected chi connectivity index (χ1v) is 7.51. The van der Waals surface area contributed by atoms with Gasteiger partial charge >= 0.3 is 0 Å². The molecule has 1 aliphatic rings. The van der Waals surface area contributed by atoms with Crippen LogP contribution in [-0.4, -0.2) is 19.1 Å². The molecule has 1 fully saturated rings. The van der Waals surface area contributed by atoms with E-state index in [0.717, 1.165) is 13.1 Å². The molecule has 0 aromatic heterocycles. The molecule has 106 valence electrons. The van der Waals surface area contributed by atoms with E-state index in [9.17, 15) is 0 Å². The Morgan fingerprint density at radius 1 is 1.32 bits per heavy atom. The van der Waals surface area contributed by atoms with E-state index in [0.29, 0.717) is 6.04 Å². The highest BCUT2D eigenvalue weighted by Crippen LogP contribution is 2.24. The normalized spacial score (nSPS) is 19.9. The maximum Gasteiger partial charge on any atom is 0.0208 e. The van der Waals surface area contributed by atoms with Crippen LogP contribution in [0.5, 0.6) is 0 Å². The Bertz CT molecular complexity index is 412. The minimum Gasteiger partial charge on any atom is -0.313 e. The second kappa shape index (κ2) is 6.06. The van der Waals surface area contributed by atoms with E-state index in [1.54, 1.807) is 0 Å². The monoisotopic (exact) mass is 260 g/mol. The van der Waals surface area contributed by atoms with Crippen LogP contribution < -0.4 is 10.6 Å². The highest BCUT2D eigenvalue weighted by molar-refractivity contribution is 5.34. The summed E-state index contributed by atoms with van der Waals surface area (Å²) in [4.78, 5) is 0. The zero-order valence-corrected chi connectivity index (χ0v) is 12.8. The molecule has 0 radical (unpaired) electrons. The molecule has 2 heteroatoms. The fourth-order valence-electron chi connectivity index (χ4n) is 2.64. The van der Waals surface area contributed by atoms with Gasteiger partial charge in [-0.2, -0.15) is 0 Å². The quantitative estimate of drug-likeness (QED) is 0.869. The Kier molecular flexibility index (Phi) is 4.64. The molecular weight excluding hydrogens is 232 g/mol. The Labute approximate surface area is 118 Å². The summed E-state index contributed by atoms with van der Waals surface area (Å²) in [7, 11) is 0. The lowest BCUT2D eigenvalue weighted by molar-refractivity contribution is 0.534. The number of hydrogen-bond donors (Lipinski definition) is 2. The van der Waals surface area contributed by atoms with Gasteiger partial charge in [0.2, 0.25) is 0 Å². The first kappa shape index (κ1) is 14.5. The maximum atomic E-state index is 3.60. The van der Waals surface area contributed by atoms with Crippen molar-refractivity contribution in [3.05, 3.63) is 34.9 Å². The van der Waals surface area contributed by atoms with Crippen molar-refractivity contribution >= 4 is 0 Å². The van der Waals surface area contributed by atoms with Crippen molar-refractivity contribution in [2.45, 2.75) is 58.5 Å². The van der Waals surface area contributed by atoms with Crippen LogP contribution >= 0.6 is 0 Å². The van der Waals surface area contributed by atoms with Crippen molar-refractivity contribution in [1.29, 1.82) is 0 Å². The molecule has 1 aromatic carbocycles. The molecule has 1 heterocycles. The van der Waals surface area contributed by atoms with Crippen molar-refractivity contribution < 1.29 is 0 Å². The highest BCUT2D eigenvalue weighted by atomic mass is 15.0. The fourth-order valence-corrected chi connectivity index (χ4v) is 2.64. The minimum absolute atomic E-state index is 0.232. The van der Waals surface area contributed by atoms with Crippen molar-refractivity contribution in [3.63, 3.8) is 0 Å². The van der Waals surface area contributed by atoms with Crippen LogP contribution in [0.4, 0.5) is 0 Å². The molecule has 0 bridgehead atoms. The lowest BCUT2D eigenvalue weighted by atomic mass is 9.85. The van der Waals surface area contributed by atoms with Gasteiger partial charge in [0.1, 0.15) is 0 Å². The van der Waals surface area contributed by atoms with Crippen LogP contribution in [0.15, 0.2) is 18.2 Å². The average molecular weight is 260 g/mol. The third-order valence-electron chi connectivity index (χ3n) is 4.08. The minimum atomic E-state index is 0.232. The molecule has 1 aromatic rings. The molecule has 19 heavy (non-hydrogen) atoms. The summed E-state index contributed by atoms with van der Waals surface area (Å²) in [6.45, 7) is 12.3. The molecule has 2 rings (SSSR count). The van der Waals surface area contributed by atoms with Crippen molar-refractivity contribution in [2.75, 3.05) is 13.1 Å². The van der Waals surface area contributed by atoms with Gasteiger partial charge in [-0.1, -0.05) is 39.0 Å². The highest BCUT2D eigenvalue weighted by Gasteiger charge is 2.15. The van der Waals surface area contributed by atoms with E-state index in [4.69, 9.17) is 0 Å². The second-order valence-electron chi connectivity index (χ2n) is 6.82. The lowest BCUT2D eigenvalue weighted by Crippen LogP contribution is -2.33. The largest absolute Gasteiger partial charge is 0.313 e. The van der Waals surface area contributed by atoms with E-state index < -0.39 is 0 Å². The predicted molar refractivity (Wildman–Crippen MR) is 82.6 cm³/mol. The number of aryl methyl sites for hydroxylation is 1. The summed E-state index contributed by atoms with van der Waals surface area (Å²) in [6.07, 6.45) is 2.64. The Balaban J connectivity index is 1.94. The number of rotatable bonds is 4. The SMILES string of the molecule is Cc1ccc(C(C)(C)C)cc1CNCC1CCCN1. The van der Waals surface area contributed by atoms with E-state index in [1.807, 2.05) is 0 Å². The van der Waals surface area contributed by atoms with Gasteiger partial charge < -0.3 is 10.6 Å². The van der Waals surface area contributed by atoms with Gasteiger partial charge in [0.25, 0.3) is 0 Å². The standard InChI is InChI=1S/C17H28N2/c1-13-7-8-15(17(2,3)4)10-14(13)11-18-12-16-6-5-9-19-16/h7-8,10,16,18-19H,5-6,9,11-12H2,1-4H3. The summed E-state index contributed by atoms with van der Waals surface area (Å²) in [5.74, 6) is 0. The van der Waals surface area contributed by atoms with Crippen LogP contribution in [0, 0.1) is 6.92 Å². The predicted octanol–water partition coefficient (Wildman–Crippen LogP) is 3.13. The van der Waals surface area contributed by atoms with Gasteiger partial charge in [-0.05, 0) is 48.4 Å². The fraction of sp³-hybridized carbons (Fsp3) is 0.647. The molecular formula is C17H28N2. The molecule has 0 spiro atoms. The van der Waals surface area contributed by atoms with Crippen LogP contribution in [0.1, 0.15) is 50.3 Å². The third kappa shape index (κ3) is 4.05. The Hall–Kier alpha value is -0.860. The van der Waals surface area contributed by atoms with Crippen LogP contribution in [-0.2, 0) is 12.0 Å². The van der Waals surface area contributed by atoms with Crippen molar-refractivity contribution in [2.24, 2.45) is 0 Å². The van der Waals surface area contributed by atoms with Crippen LogP contribution in [0.25, 0.3) is 0 Å². The van der Waals surface area contributed by atoms with Gasteiger partial charge in [0.15, 0.2) is 0 Å². The summed E-state index contributed by atoms with van der Waals surface area (Å²) in [5.41, 5.74) is 4.48. The third-order valence-corrected chi connectivity index (χ3v) is 4.08. The Morgan fingerprint density at radius 3 is 2.74 bits per heavy atom. The lowest BCUT2D eigenvalue weighted by Gasteiger charge is -2.21. The average Bonchev–Trinajstić information content (AvgIpc) is 2.83. The van der Waals surface area contributed by atoms with Gasteiger partial charge in [-0.3, -0.25) is 0 Å². The van der Waals surface area contributed by atoms with E-state index >= 15 is 0 Å². The Morgan fingerprint density at radius 2 is 2.11 bits per heavy atom. The molecule has 1 aliphatic heterocycles. The number of benzene rings is 1. The first-order valence-electron chi connectivity index (χ1n) is 7.51. The van der Waals surface area contributed by atoms with Crippen molar-refractivity contribution in [1.82, 2.24) is 10.6 Å². The summed E-state index contributed by atoms with van der Waals surface area (Å²) in [6, 6.07) is 7.55. The molecule has 2 nitrogen and oxygen atoms in total. The van der Waals surface area contributed by atoms with Crippen molar-refractivity contribution in [3.8, 4) is 0 Å². The number of nitrogens with one attached hydrogen (secondary N) is 2. The summed E-state index contributed by atoms with van der Waals surface area (Å²) < 4.78 is 0. The number of hydrogen-bond acceptors (Lipinski definition) is 2. The second-order valence-corrected chi connectivity index (χ2v) is 6.82. The van der Waals surface area contributed by atoms with Crippen LogP contribution in [0.3, 0.4) is 0 Å². The van der Waals surface area contributed by atoms with Gasteiger partial charge in [0, 0.05) is 19.1 Å². The molecule has 0 saturated carbocycles. The zero-order chi connectivity index (χ0) is 13.9. The van der Waals surface area contributed by atoms with Gasteiger partial charge in [-0.15, -0.1) is 0 Å². The molecule has 0 aliphatic carbocycles. The smallest absolute Gasteiger partial charge is 0.0208 e. The first-order chi connectivity index (χ1) is 8.97. The van der Waals surface area contributed by atoms with E-state index in [2.05, 4.69) is 56.5 Å². The zero-order valence-electron chi connectivity index (χ0n) is 12.8. The maximum absolute atomic E-state index is 3.60. The molecule has 1 atom stereocenters. The summed E-state index contributed by atoms with van der Waals surface area (Å²) >= 11 is 0. The molecule has 1 saturated heterocycles. The summed E-state index contributed by atoms with van der Waals surface area (Å²) in [5, 5.41) is 7.13. The van der Waals surface area contributed by atoms with Crippen LogP contribution in [0.2, 0.25) is 0 Å². The van der Waals surface area contributed by atoms with E-state index in [1.165, 1.54) is 36.1 Å². The topological polar surface area (TPSA) is 24.1 Å². The van der Waals surface area contributed by atoms with Gasteiger partial charge in [-0.25, -0.2) is 0 Å². The van der Waals surface area contributed by atoms with E-state index in [-0.39, 0.29) is 5.41 Å². The molecule has 2 N–H and O–H groups in total. The van der Waals surface area contributed by atoms with Gasteiger partial charge in [0.05, 0.1) is 0 Å². The molecule has 1 unspecified atom stereocenters. The molecule has 0 amide bonds.